The van der Waals surface area contributed by atoms with Crippen LogP contribution in [0.3, 0.4) is 0 Å². The topological polar surface area (TPSA) is 37.8 Å². The zero-order valence-corrected chi connectivity index (χ0v) is 10.7. The van der Waals surface area contributed by atoms with Crippen LogP contribution in [0.25, 0.3) is 11.4 Å². The Morgan fingerprint density at radius 2 is 2.00 bits per heavy atom. The van der Waals surface area contributed by atoms with Crippen molar-refractivity contribution in [3.63, 3.8) is 0 Å². The number of rotatable bonds is 2. The van der Waals surface area contributed by atoms with Crippen LogP contribution >= 0.6 is 11.6 Å². The van der Waals surface area contributed by atoms with E-state index in [9.17, 15) is 0 Å². The molecule has 0 unspecified atom stereocenters. The summed E-state index contributed by atoms with van der Waals surface area (Å²) < 4.78 is 0. The number of nitrogens with one attached hydrogen (secondary N) is 1. The molecule has 0 amide bonds. The molecule has 1 aromatic heterocycles. The lowest BCUT2D eigenvalue weighted by Crippen LogP contribution is -2.14. The highest BCUT2D eigenvalue weighted by atomic mass is 35.5. The van der Waals surface area contributed by atoms with Crippen LogP contribution < -0.4 is 5.32 Å². The Morgan fingerprint density at radius 3 is 2.72 bits per heavy atom. The van der Waals surface area contributed by atoms with Crippen LogP contribution in [0, 0.1) is 0 Å². The van der Waals surface area contributed by atoms with E-state index < -0.39 is 0 Å². The molecule has 3 nitrogen and oxygen atoms in total. The highest BCUT2D eigenvalue weighted by Gasteiger charge is 2.17. The molecule has 1 N–H and O–H groups in total. The first-order valence-corrected chi connectivity index (χ1v) is 6.53. The van der Waals surface area contributed by atoms with Gasteiger partial charge in [-0.25, -0.2) is 9.97 Å². The van der Waals surface area contributed by atoms with Crippen molar-refractivity contribution in [3.8, 4) is 11.4 Å². The predicted molar refractivity (Wildman–Crippen MR) is 72.5 cm³/mol. The lowest BCUT2D eigenvalue weighted by atomic mass is 10.1. The summed E-state index contributed by atoms with van der Waals surface area (Å²) in [4.78, 5) is 8.97. The first-order valence-electron chi connectivity index (χ1n) is 6.15. The number of hydrogen-bond donors (Lipinski definition) is 1. The van der Waals surface area contributed by atoms with Crippen LogP contribution in [0.4, 0.5) is 0 Å². The SMILES string of the molecule is Clc1ccc(-c2nccc([C@H]3CCCN3)n2)cc1. The van der Waals surface area contributed by atoms with Gasteiger partial charge < -0.3 is 5.32 Å². The highest BCUT2D eigenvalue weighted by molar-refractivity contribution is 6.30. The van der Waals surface area contributed by atoms with Gasteiger partial charge in [-0.15, -0.1) is 0 Å². The summed E-state index contributed by atoms with van der Waals surface area (Å²) >= 11 is 5.88. The van der Waals surface area contributed by atoms with Crippen LogP contribution in [0.1, 0.15) is 24.6 Å². The normalized spacial score (nSPS) is 19.1. The molecule has 0 aliphatic carbocycles. The first kappa shape index (κ1) is 11.6. The second-order valence-electron chi connectivity index (χ2n) is 4.46. The van der Waals surface area contributed by atoms with Crippen molar-refractivity contribution in [2.24, 2.45) is 0 Å². The average Bonchev–Trinajstić information content (AvgIpc) is 2.94. The fourth-order valence-corrected chi connectivity index (χ4v) is 2.37. The van der Waals surface area contributed by atoms with E-state index in [0.29, 0.717) is 6.04 Å². The van der Waals surface area contributed by atoms with Gasteiger partial charge >= 0.3 is 0 Å². The van der Waals surface area contributed by atoms with Crippen LogP contribution in [0.15, 0.2) is 36.5 Å². The molecule has 0 saturated carbocycles. The molecule has 2 aromatic rings. The molecule has 3 rings (SSSR count). The zero-order chi connectivity index (χ0) is 12.4. The Hall–Kier alpha value is -1.45. The van der Waals surface area contributed by atoms with E-state index in [1.807, 2.05) is 36.5 Å². The van der Waals surface area contributed by atoms with E-state index in [4.69, 9.17) is 11.6 Å². The second-order valence-corrected chi connectivity index (χ2v) is 4.90. The van der Waals surface area contributed by atoms with E-state index in [2.05, 4.69) is 15.3 Å². The highest BCUT2D eigenvalue weighted by Crippen LogP contribution is 2.23. The van der Waals surface area contributed by atoms with Gasteiger partial charge in [0, 0.05) is 22.8 Å². The van der Waals surface area contributed by atoms with Crippen molar-refractivity contribution < 1.29 is 0 Å². The lowest BCUT2D eigenvalue weighted by molar-refractivity contribution is 0.626. The van der Waals surface area contributed by atoms with Gasteiger partial charge in [-0.2, -0.15) is 0 Å². The van der Waals surface area contributed by atoms with Crippen molar-refractivity contribution >= 4 is 11.6 Å². The molecule has 18 heavy (non-hydrogen) atoms. The Morgan fingerprint density at radius 1 is 1.17 bits per heavy atom. The number of aromatic nitrogens is 2. The minimum absolute atomic E-state index is 0.374. The summed E-state index contributed by atoms with van der Waals surface area (Å²) in [5, 5.41) is 4.18. The van der Waals surface area contributed by atoms with Crippen LogP contribution in [0.2, 0.25) is 5.02 Å². The molecule has 1 saturated heterocycles. The monoisotopic (exact) mass is 259 g/mol. The summed E-state index contributed by atoms with van der Waals surface area (Å²) in [7, 11) is 0. The molecule has 92 valence electrons. The Bertz CT molecular complexity index is 533. The van der Waals surface area contributed by atoms with E-state index in [-0.39, 0.29) is 0 Å². The van der Waals surface area contributed by atoms with Gasteiger partial charge in [-0.3, -0.25) is 0 Å². The Balaban J connectivity index is 1.92. The van der Waals surface area contributed by atoms with Gasteiger partial charge in [0.25, 0.3) is 0 Å². The zero-order valence-electron chi connectivity index (χ0n) is 9.94. The van der Waals surface area contributed by atoms with Crippen molar-refractivity contribution in [3.05, 3.63) is 47.2 Å². The molecule has 2 heterocycles. The third kappa shape index (κ3) is 2.37. The smallest absolute Gasteiger partial charge is 0.159 e. The summed E-state index contributed by atoms with van der Waals surface area (Å²) in [6.45, 7) is 1.07. The number of benzene rings is 1. The van der Waals surface area contributed by atoms with Crippen molar-refractivity contribution in [1.29, 1.82) is 0 Å². The maximum absolute atomic E-state index is 5.88. The van der Waals surface area contributed by atoms with Crippen LogP contribution in [0.5, 0.6) is 0 Å². The third-order valence-corrected chi connectivity index (χ3v) is 3.45. The standard InChI is InChI=1S/C14H14ClN3/c15-11-5-3-10(4-6-11)14-17-9-7-13(18-14)12-2-1-8-16-12/h3-7,9,12,16H,1-2,8H2/t12-/m1/s1. The molecule has 1 atom stereocenters. The molecule has 1 aliphatic rings. The molecule has 1 aromatic carbocycles. The van der Waals surface area contributed by atoms with E-state index in [1.165, 1.54) is 6.42 Å². The van der Waals surface area contributed by atoms with Crippen LogP contribution in [-0.4, -0.2) is 16.5 Å². The van der Waals surface area contributed by atoms with Gasteiger partial charge in [0.2, 0.25) is 0 Å². The summed E-state index contributed by atoms with van der Waals surface area (Å²) in [6, 6.07) is 9.98. The van der Waals surface area contributed by atoms with Gasteiger partial charge in [-0.05, 0) is 49.7 Å². The van der Waals surface area contributed by atoms with Crippen molar-refractivity contribution in [2.75, 3.05) is 6.54 Å². The summed E-state index contributed by atoms with van der Waals surface area (Å²) in [5.41, 5.74) is 2.08. The molecule has 0 spiro atoms. The van der Waals surface area contributed by atoms with E-state index in [0.717, 1.165) is 35.1 Å². The average molecular weight is 260 g/mol. The Kier molecular flexibility index (Phi) is 3.26. The van der Waals surface area contributed by atoms with E-state index in [1.54, 1.807) is 0 Å². The van der Waals surface area contributed by atoms with Gasteiger partial charge in [-0.1, -0.05) is 11.6 Å². The largest absolute Gasteiger partial charge is 0.309 e. The lowest BCUT2D eigenvalue weighted by Gasteiger charge is -2.10. The van der Waals surface area contributed by atoms with Crippen LogP contribution in [-0.2, 0) is 0 Å². The van der Waals surface area contributed by atoms with Gasteiger partial charge in [0.15, 0.2) is 5.82 Å². The maximum atomic E-state index is 5.88. The quantitative estimate of drug-likeness (QED) is 0.900. The fourth-order valence-electron chi connectivity index (χ4n) is 2.24. The minimum Gasteiger partial charge on any atom is -0.309 e. The van der Waals surface area contributed by atoms with Gasteiger partial charge in [0.05, 0.1) is 5.69 Å². The van der Waals surface area contributed by atoms with Crippen molar-refractivity contribution in [2.45, 2.75) is 18.9 Å². The summed E-state index contributed by atoms with van der Waals surface area (Å²) in [5.74, 6) is 0.762. The third-order valence-electron chi connectivity index (χ3n) is 3.20. The Labute approximate surface area is 111 Å². The number of nitrogens with zero attached hydrogens (tertiary/aromatic N) is 2. The van der Waals surface area contributed by atoms with Crippen molar-refractivity contribution in [1.82, 2.24) is 15.3 Å². The number of hydrogen-bond acceptors (Lipinski definition) is 3. The fraction of sp³-hybridized carbons (Fsp3) is 0.286. The molecule has 0 radical (unpaired) electrons. The molecule has 4 heteroatoms. The molecular formula is C14H14ClN3. The van der Waals surface area contributed by atoms with Gasteiger partial charge in [0.1, 0.15) is 0 Å². The molecule has 0 bridgehead atoms. The molecule has 1 fully saturated rings. The maximum Gasteiger partial charge on any atom is 0.159 e. The first-order chi connectivity index (χ1) is 8.83. The minimum atomic E-state index is 0.374. The number of halogens is 1. The molecular weight excluding hydrogens is 246 g/mol. The predicted octanol–water partition coefficient (Wildman–Crippen LogP) is 3.22. The van der Waals surface area contributed by atoms with E-state index >= 15 is 0 Å². The second kappa shape index (κ2) is 5.04. The molecule has 1 aliphatic heterocycles. The summed E-state index contributed by atoms with van der Waals surface area (Å²) in [6.07, 6.45) is 4.19.